The third kappa shape index (κ3) is 3.80. The van der Waals surface area contributed by atoms with Crippen LogP contribution in [0, 0.1) is 28.4 Å². The normalized spacial score (nSPS) is 11.7. The molecule has 0 fully saturated rings. The molecule has 0 saturated heterocycles. The third-order valence-electron chi connectivity index (χ3n) is 3.03. The van der Waals surface area contributed by atoms with Crippen LogP contribution in [0.2, 0.25) is 0 Å². The van der Waals surface area contributed by atoms with Gasteiger partial charge in [0.25, 0.3) is 5.69 Å². The van der Waals surface area contributed by atoms with Gasteiger partial charge < -0.3 is 5.32 Å². The maximum absolute atomic E-state index is 11.1. The van der Waals surface area contributed by atoms with Crippen molar-refractivity contribution < 1.29 is 4.92 Å². The van der Waals surface area contributed by atoms with Crippen molar-refractivity contribution in [3.05, 3.63) is 55.8 Å². The summed E-state index contributed by atoms with van der Waals surface area (Å²) in [6.07, 6.45) is 0.801. The highest BCUT2D eigenvalue weighted by Gasteiger charge is 2.16. The topological polar surface area (TPSA) is 79.0 Å². The zero-order valence-electron chi connectivity index (χ0n) is 11.8. The average Bonchev–Trinajstić information content (AvgIpc) is 2.84. The van der Waals surface area contributed by atoms with E-state index in [0.717, 1.165) is 6.42 Å². The molecule has 0 spiro atoms. The molecule has 2 rings (SSSR count). The Balaban J connectivity index is 2.15. The zero-order valence-corrected chi connectivity index (χ0v) is 12.6. The van der Waals surface area contributed by atoms with E-state index < -0.39 is 4.92 Å². The Bertz CT molecular complexity index is 703. The number of nitro groups is 1. The molecule has 1 aromatic carbocycles. The lowest BCUT2D eigenvalue weighted by atomic mass is 10.1. The molecule has 0 saturated carbocycles. The summed E-state index contributed by atoms with van der Waals surface area (Å²) >= 11 is 1.73. The Hall–Kier alpha value is -2.39. The number of nitro benzene ring substituents is 1. The summed E-state index contributed by atoms with van der Waals surface area (Å²) in [7, 11) is 0. The van der Waals surface area contributed by atoms with Gasteiger partial charge in [-0.15, -0.1) is 11.3 Å². The predicted octanol–water partition coefficient (Wildman–Crippen LogP) is 3.88. The van der Waals surface area contributed by atoms with E-state index in [1.807, 2.05) is 13.0 Å². The fourth-order valence-corrected chi connectivity index (χ4v) is 3.11. The summed E-state index contributed by atoms with van der Waals surface area (Å²) in [5.41, 5.74) is 0.664. The van der Waals surface area contributed by atoms with Gasteiger partial charge in [-0.1, -0.05) is 0 Å². The number of rotatable bonds is 5. The van der Waals surface area contributed by atoms with E-state index in [2.05, 4.69) is 24.4 Å². The zero-order chi connectivity index (χ0) is 15.4. The van der Waals surface area contributed by atoms with E-state index in [0.29, 0.717) is 5.69 Å². The van der Waals surface area contributed by atoms with Gasteiger partial charge in [0.1, 0.15) is 5.69 Å². The van der Waals surface area contributed by atoms with Gasteiger partial charge in [0.05, 0.1) is 16.6 Å². The molecule has 0 aliphatic carbocycles. The first kappa shape index (κ1) is 15.0. The minimum absolute atomic E-state index is 0.0645. The average molecular weight is 301 g/mol. The van der Waals surface area contributed by atoms with Crippen molar-refractivity contribution in [3.63, 3.8) is 0 Å². The van der Waals surface area contributed by atoms with Crippen LogP contribution in [0.15, 0.2) is 30.3 Å². The number of hydrogen-bond acceptors (Lipinski definition) is 5. The molecule has 0 aliphatic rings. The minimum atomic E-state index is -0.467. The SMILES string of the molecule is Cc1ccc(CC(C)Nc2ccc(C#N)cc2[N+](=O)[O-])s1. The molecule has 1 heterocycles. The maximum atomic E-state index is 11.1. The fourth-order valence-electron chi connectivity index (χ4n) is 2.09. The number of benzene rings is 1. The smallest absolute Gasteiger partial charge is 0.293 e. The quantitative estimate of drug-likeness (QED) is 0.671. The van der Waals surface area contributed by atoms with Crippen LogP contribution in [-0.4, -0.2) is 11.0 Å². The Labute approximate surface area is 127 Å². The van der Waals surface area contributed by atoms with Crippen molar-refractivity contribution in [2.45, 2.75) is 26.3 Å². The molecule has 0 bridgehead atoms. The summed E-state index contributed by atoms with van der Waals surface area (Å²) in [6.45, 7) is 4.04. The van der Waals surface area contributed by atoms with E-state index in [4.69, 9.17) is 5.26 Å². The van der Waals surface area contributed by atoms with Crippen LogP contribution in [0.1, 0.15) is 22.2 Å². The van der Waals surface area contributed by atoms with Gasteiger partial charge in [-0.05, 0) is 38.1 Å². The van der Waals surface area contributed by atoms with E-state index in [1.165, 1.54) is 15.8 Å². The largest absolute Gasteiger partial charge is 0.377 e. The lowest BCUT2D eigenvalue weighted by molar-refractivity contribution is -0.384. The molecule has 2 aromatic rings. The van der Waals surface area contributed by atoms with Gasteiger partial charge in [0, 0.05) is 28.3 Å². The lowest BCUT2D eigenvalue weighted by Gasteiger charge is -2.14. The summed E-state index contributed by atoms with van der Waals surface area (Å²) in [6, 6.07) is 10.6. The summed E-state index contributed by atoms with van der Waals surface area (Å²) in [4.78, 5) is 13.1. The molecule has 108 valence electrons. The first-order chi connectivity index (χ1) is 9.99. The summed E-state index contributed by atoms with van der Waals surface area (Å²) in [5.74, 6) is 0. The summed E-state index contributed by atoms with van der Waals surface area (Å²) in [5, 5.41) is 23.1. The van der Waals surface area contributed by atoms with Gasteiger partial charge in [0.2, 0.25) is 0 Å². The van der Waals surface area contributed by atoms with Crippen LogP contribution in [0.25, 0.3) is 0 Å². The maximum Gasteiger partial charge on any atom is 0.293 e. The number of thiophene rings is 1. The number of nitriles is 1. The molecule has 6 heteroatoms. The third-order valence-corrected chi connectivity index (χ3v) is 4.05. The Kier molecular flexibility index (Phi) is 4.55. The molecule has 1 aromatic heterocycles. The van der Waals surface area contributed by atoms with E-state index >= 15 is 0 Å². The standard InChI is InChI=1S/C15H15N3O2S/c1-10(7-13-5-3-11(2)21-13)17-14-6-4-12(9-16)8-15(14)18(19)20/h3-6,8,10,17H,7H2,1-2H3. The van der Waals surface area contributed by atoms with E-state index in [-0.39, 0.29) is 17.3 Å². The van der Waals surface area contributed by atoms with Crippen molar-refractivity contribution in [3.8, 4) is 6.07 Å². The van der Waals surface area contributed by atoms with Crippen molar-refractivity contribution in [1.82, 2.24) is 0 Å². The second-order valence-corrected chi connectivity index (χ2v) is 6.24. The lowest BCUT2D eigenvalue weighted by Crippen LogP contribution is -2.18. The molecular weight excluding hydrogens is 286 g/mol. The van der Waals surface area contributed by atoms with Gasteiger partial charge in [-0.3, -0.25) is 10.1 Å². The highest BCUT2D eigenvalue weighted by atomic mass is 32.1. The molecule has 1 N–H and O–H groups in total. The highest BCUT2D eigenvalue weighted by Crippen LogP contribution is 2.27. The Morgan fingerprint density at radius 3 is 2.76 bits per heavy atom. The van der Waals surface area contributed by atoms with Crippen LogP contribution in [0.4, 0.5) is 11.4 Å². The van der Waals surface area contributed by atoms with Gasteiger partial charge in [-0.2, -0.15) is 5.26 Å². The Morgan fingerprint density at radius 1 is 1.43 bits per heavy atom. The molecular formula is C15H15N3O2S. The van der Waals surface area contributed by atoms with E-state index in [1.54, 1.807) is 23.5 Å². The van der Waals surface area contributed by atoms with Crippen LogP contribution in [-0.2, 0) is 6.42 Å². The molecule has 1 unspecified atom stereocenters. The van der Waals surface area contributed by atoms with Crippen LogP contribution in [0.3, 0.4) is 0 Å². The van der Waals surface area contributed by atoms with Crippen molar-refractivity contribution >= 4 is 22.7 Å². The molecule has 0 aliphatic heterocycles. The molecule has 5 nitrogen and oxygen atoms in total. The second-order valence-electron chi connectivity index (χ2n) is 4.86. The van der Waals surface area contributed by atoms with Crippen LogP contribution >= 0.6 is 11.3 Å². The van der Waals surface area contributed by atoms with Gasteiger partial charge in [0.15, 0.2) is 0 Å². The van der Waals surface area contributed by atoms with Crippen LogP contribution in [0.5, 0.6) is 0 Å². The fraction of sp³-hybridized carbons (Fsp3) is 0.267. The number of hydrogen-bond donors (Lipinski definition) is 1. The molecule has 0 radical (unpaired) electrons. The first-order valence-corrected chi connectivity index (χ1v) is 7.31. The van der Waals surface area contributed by atoms with Gasteiger partial charge >= 0.3 is 0 Å². The van der Waals surface area contributed by atoms with E-state index in [9.17, 15) is 10.1 Å². The minimum Gasteiger partial charge on any atom is -0.377 e. The van der Waals surface area contributed by atoms with Crippen molar-refractivity contribution in [1.29, 1.82) is 5.26 Å². The van der Waals surface area contributed by atoms with Crippen molar-refractivity contribution in [2.75, 3.05) is 5.32 Å². The number of nitrogens with one attached hydrogen (secondary N) is 1. The molecule has 21 heavy (non-hydrogen) atoms. The predicted molar refractivity (Wildman–Crippen MR) is 83.7 cm³/mol. The molecule has 1 atom stereocenters. The summed E-state index contributed by atoms with van der Waals surface area (Å²) < 4.78 is 0. The van der Waals surface area contributed by atoms with Crippen LogP contribution < -0.4 is 5.32 Å². The van der Waals surface area contributed by atoms with Gasteiger partial charge in [-0.25, -0.2) is 0 Å². The second kappa shape index (κ2) is 6.37. The highest BCUT2D eigenvalue weighted by molar-refractivity contribution is 7.11. The van der Waals surface area contributed by atoms with Crippen molar-refractivity contribution in [2.24, 2.45) is 0 Å². The Morgan fingerprint density at radius 2 is 2.19 bits per heavy atom. The number of nitrogens with zero attached hydrogens (tertiary/aromatic N) is 2. The number of aryl methyl sites for hydroxylation is 1. The monoisotopic (exact) mass is 301 g/mol. The number of anilines is 1. The first-order valence-electron chi connectivity index (χ1n) is 6.50. The molecule has 0 amide bonds.